The van der Waals surface area contributed by atoms with E-state index < -0.39 is 6.10 Å². The molecule has 98 valence electrons. The summed E-state index contributed by atoms with van der Waals surface area (Å²) in [7, 11) is 0. The van der Waals surface area contributed by atoms with Crippen LogP contribution in [0.15, 0.2) is 18.3 Å². The summed E-state index contributed by atoms with van der Waals surface area (Å²) < 4.78 is 0. The monoisotopic (exact) mass is 247 g/mol. The quantitative estimate of drug-likeness (QED) is 0.839. The van der Waals surface area contributed by atoms with E-state index in [1.54, 1.807) is 6.20 Å². The van der Waals surface area contributed by atoms with Gasteiger partial charge in [0.1, 0.15) is 0 Å². The van der Waals surface area contributed by atoms with E-state index in [9.17, 15) is 5.11 Å². The van der Waals surface area contributed by atoms with Gasteiger partial charge in [-0.2, -0.15) is 5.26 Å². The molecule has 1 unspecified atom stereocenters. The summed E-state index contributed by atoms with van der Waals surface area (Å²) in [6, 6.07) is 6.04. The highest BCUT2D eigenvalue weighted by Crippen LogP contribution is 2.19. The summed E-state index contributed by atoms with van der Waals surface area (Å²) in [6.45, 7) is 7.42. The Kier molecular flexibility index (Phi) is 5.60. The van der Waals surface area contributed by atoms with Crippen molar-refractivity contribution < 1.29 is 5.11 Å². The Labute approximate surface area is 109 Å². The predicted molar refractivity (Wildman–Crippen MR) is 72.2 cm³/mol. The van der Waals surface area contributed by atoms with Crippen molar-refractivity contribution in [3.05, 3.63) is 24.0 Å². The van der Waals surface area contributed by atoms with Crippen LogP contribution in [-0.4, -0.2) is 23.2 Å². The first-order valence-electron chi connectivity index (χ1n) is 6.40. The summed E-state index contributed by atoms with van der Waals surface area (Å²) in [5.41, 5.74) is 1.69. The highest BCUT2D eigenvalue weighted by Gasteiger charge is 2.11. The fourth-order valence-corrected chi connectivity index (χ4v) is 1.78. The van der Waals surface area contributed by atoms with Crippen LogP contribution in [0.1, 0.15) is 39.0 Å². The molecule has 0 aliphatic heterocycles. The molecule has 4 heteroatoms. The number of anilines is 1. The Morgan fingerprint density at radius 2 is 2.17 bits per heavy atom. The Bertz CT molecular complexity index is 396. The van der Waals surface area contributed by atoms with Gasteiger partial charge in [0.15, 0.2) is 0 Å². The van der Waals surface area contributed by atoms with E-state index >= 15 is 0 Å². The van der Waals surface area contributed by atoms with E-state index in [0.717, 1.165) is 12.2 Å². The molecule has 1 aromatic rings. The van der Waals surface area contributed by atoms with Crippen molar-refractivity contribution in [2.24, 2.45) is 5.92 Å². The van der Waals surface area contributed by atoms with Crippen LogP contribution in [0.25, 0.3) is 0 Å². The molecular weight excluding hydrogens is 226 g/mol. The van der Waals surface area contributed by atoms with Crippen molar-refractivity contribution in [3.63, 3.8) is 0 Å². The van der Waals surface area contributed by atoms with Gasteiger partial charge in [0, 0.05) is 13.1 Å². The van der Waals surface area contributed by atoms with E-state index in [4.69, 9.17) is 5.26 Å². The average molecular weight is 247 g/mol. The molecule has 0 fully saturated rings. The van der Waals surface area contributed by atoms with Gasteiger partial charge in [0.2, 0.25) is 0 Å². The molecule has 1 N–H and O–H groups in total. The third kappa shape index (κ3) is 3.71. The summed E-state index contributed by atoms with van der Waals surface area (Å²) in [5.74, 6) is -0.00846. The summed E-state index contributed by atoms with van der Waals surface area (Å²) in [5, 5.41) is 18.5. The van der Waals surface area contributed by atoms with Crippen LogP contribution < -0.4 is 4.90 Å². The van der Waals surface area contributed by atoms with E-state index in [2.05, 4.69) is 22.9 Å². The fraction of sp³-hybridized carbons (Fsp3) is 0.571. The van der Waals surface area contributed by atoms with Crippen molar-refractivity contribution in [3.8, 4) is 6.07 Å². The van der Waals surface area contributed by atoms with Gasteiger partial charge < -0.3 is 10.0 Å². The second-order valence-electron chi connectivity index (χ2n) is 4.43. The molecule has 4 nitrogen and oxygen atoms in total. The van der Waals surface area contributed by atoms with Crippen LogP contribution in [0, 0.1) is 17.2 Å². The molecule has 0 amide bonds. The normalized spacial score (nSPS) is 13.7. The first-order valence-corrected chi connectivity index (χ1v) is 6.40. The molecule has 0 saturated heterocycles. The number of aliphatic hydroxyl groups is 1. The lowest BCUT2D eigenvalue weighted by atomic mass is 10.1. The zero-order valence-corrected chi connectivity index (χ0v) is 11.3. The highest BCUT2D eigenvalue weighted by atomic mass is 16.3. The summed E-state index contributed by atoms with van der Waals surface area (Å²) >= 11 is 0. The Balaban J connectivity index is 2.79. The smallest absolute Gasteiger partial charge is 0.0957 e. The zero-order valence-electron chi connectivity index (χ0n) is 11.3. The van der Waals surface area contributed by atoms with Gasteiger partial charge in [-0.05, 0) is 32.4 Å². The second kappa shape index (κ2) is 6.97. The van der Waals surface area contributed by atoms with Gasteiger partial charge in [0.05, 0.1) is 35.7 Å². The minimum Gasteiger partial charge on any atom is -0.387 e. The van der Waals surface area contributed by atoms with Gasteiger partial charge in [-0.1, -0.05) is 6.92 Å². The number of pyridine rings is 1. The minimum absolute atomic E-state index is 0.00846. The first-order chi connectivity index (χ1) is 8.62. The Morgan fingerprint density at radius 3 is 2.61 bits per heavy atom. The minimum atomic E-state index is -0.493. The van der Waals surface area contributed by atoms with Gasteiger partial charge in [-0.25, -0.2) is 0 Å². The number of aliphatic hydroxyl groups excluding tert-OH is 1. The van der Waals surface area contributed by atoms with Gasteiger partial charge in [0.25, 0.3) is 0 Å². The zero-order chi connectivity index (χ0) is 13.5. The molecule has 0 radical (unpaired) electrons. The van der Waals surface area contributed by atoms with E-state index in [0.29, 0.717) is 18.7 Å². The lowest BCUT2D eigenvalue weighted by molar-refractivity contribution is 0.169. The number of aromatic nitrogens is 1. The maximum Gasteiger partial charge on any atom is 0.0957 e. The number of hydrogen-bond acceptors (Lipinski definition) is 4. The Hall–Kier alpha value is -1.60. The van der Waals surface area contributed by atoms with E-state index in [1.165, 1.54) is 0 Å². The van der Waals surface area contributed by atoms with Crippen molar-refractivity contribution in [1.29, 1.82) is 5.26 Å². The predicted octanol–water partition coefficient (Wildman–Crippen LogP) is 2.51. The second-order valence-corrected chi connectivity index (χ2v) is 4.43. The van der Waals surface area contributed by atoms with Crippen LogP contribution in [0.3, 0.4) is 0 Å². The van der Waals surface area contributed by atoms with Crippen LogP contribution >= 0.6 is 0 Å². The van der Waals surface area contributed by atoms with Crippen molar-refractivity contribution in [2.75, 3.05) is 18.0 Å². The van der Waals surface area contributed by atoms with Crippen LogP contribution in [-0.2, 0) is 0 Å². The first kappa shape index (κ1) is 14.5. The molecular formula is C14H21N3O. The third-order valence-electron chi connectivity index (χ3n) is 2.96. The number of rotatable bonds is 6. The number of nitriles is 1. The number of nitrogens with zero attached hydrogens (tertiary/aromatic N) is 3. The number of hydrogen-bond donors (Lipinski definition) is 1. The molecule has 0 spiro atoms. The molecule has 0 aliphatic rings. The van der Waals surface area contributed by atoms with Gasteiger partial charge >= 0.3 is 0 Å². The molecule has 18 heavy (non-hydrogen) atoms. The maximum absolute atomic E-state index is 9.68. The Morgan fingerprint density at radius 1 is 1.44 bits per heavy atom. The molecule has 1 aromatic heterocycles. The summed E-state index contributed by atoms with van der Waals surface area (Å²) in [4.78, 5) is 6.39. The van der Waals surface area contributed by atoms with Gasteiger partial charge in [-0.3, -0.25) is 4.98 Å². The standard InChI is InChI=1S/C14H21N3O/c1-4-14(18)13-7-6-12(9-16-13)17(5-2)10-11(3)8-15/h6-7,9,11,14,18H,4-5,10H2,1-3H3/t11?,14-/m0/s1. The fourth-order valence-electron chi connectivity index (χ4n) is 1.78. The van der Waals surface area contributed by atoms with Crippen LogP contribution in [0.5, 0.6) is 0 Å². The van der Waals surface area contributed by atoms with Crippen LogP contribution in [0.2, 0.25) is 0 Å². The molecule has 1 rings (SSSR count). The van der Waals surface area contributed by atoms with E-state index in [-0.39, 0.29) is 5.92 Å². The van der Waals surface area contributed by atoms with E-state index in [1.807, 2.05) is 26.0 Å². The van der Waals surface area contributed by atoms with Gasteiger partial charge in [-0.15, -0.1) is 0 Å². The maximum atomic E-state index is 9.68. The highest BCUT2D eigenvalue weighted by molar-refractivity contribution is 5.44. The molecule has 1 heterocycles. The third-order valence-corrected chi connectivity index (χ3v) is 2.96. The summed E-state index contributed by atoms with van der Waals surface area (Å²) in [6.07, 6.45) is 1.93. The van der Waals surface area contributed by atoms with Crippen molar-refractivity contribution in [2.45, 2.75) is 33.3 Å². The lowest BCUT2D eigenvalue weighted by Gasteiger charge is -2.24. The van der Waals surface area contributed by atoms with Crippen molar-refractivity contribution in [1.82, 2.24) is 4.98 Å². The van der Waals surface area contributed by atoms with Crippen molar-refractivity contribution >= 4 is 5.69 Å². The molecule has 0 bridgehead atoms. The molecule has 0 aliphatic carbocycles. The molecule has 0 aromatic carbocycles. The SMILES string of the molecule is CC[C@H](O)c1ccc(N(CC)CC(C)C#N)cn1. The van der Waals surface area contributed by atoms with Crippen LogP contribution in [0.4, 0.5) is 5.69 Å². The topological polar surface area (TPSA) is 60.1 Å². The molecule has 0 saturated carbocycles. The molecule has 2 atom stereocenters. The lowest BCUT2D eigenvalue weighted by Crippen LogP contribution is -2.27. The largest absolute Gasteiger partial charge is 0.387 e. The average Bonchev–Trinajstić information content (AvgIpc) is 2.43.